The summed E-state index contributed by atoms with van der Waals surface area (Å²) in [6.07, 6.45) is 7.03. The molecule has 0 radical (unpaired) electrons. The average Bonchev–Trinajstić information content (AvgIpc) is 3.36. The first-order valence-electron chi connectivity index (χ1n) is 15.0. The number of fused-ring (bicyclic) bond motifs is 2. The molecule has 0 bridgehead atoms. The third kappa shape index (κ3) is 6.74. The molecule has 12 nitrogen and oxygen atoms in total. The van der Waals surface area contributed by atoms with Gasteiger partial charge < -0.3 is 29.0 Å². The van der Waals surface area contributed by atoms with Crippen molar-refractivity contribution in [3.05, 3.63) is 55.2 Å². The molecule has 1 fully saturated rings. The van der Waals surface area contributed by atoms with E-state index >= 15 is 0 Å². The second-order valence-electron chi connectivity index (χ2n) is 12.8. The highest BCUT2D eigenvalue weighted by Crippen LogP contribution is 2.38. The second-order valence-corrected chi connectivity index (χ2v) is 12.8. The number of imidazole rings is 1. The van der Waals surface area contributed by atoms with E-state index in [1.54, 1.807) is 19.6 Å². The molecule has 1 aliphatic rings. The molecule has 1 aliphatic heterocycles. The zero-order chi connectivity index (χ0) is 31.8. The maximum Gasteiger partial charge on any atom is 0.306 e. The predicted molar refractivity (Wildman–Crippen MR) is 172 cm³/mol. The summed E-state index contributed by atoms with van der Waals surface area (Å²) >= 11 is 0. The molecule has 3 aromatic heterocycles. The molecule has 45 heavy (non-hydrogen) atoms. The molecule has 1 N–H and O–H groups in total. The zero-order valence-electron chi connectivity index (χ0n) is 26.5. The van der Waals surface area contributed by atoms with Crippen molar-refractivity contribution >= 4 is 45.5 Å². The first-order valence-corrected chi connectivity index (χ1v) is 15.0. The SMILES string of the molecule is COc1cc(Nc2ncnc3cnc(N4CCC(C)(CC(=O)OC(C)(C)C)CC4)nc23)ccc1Oc1ccc2c(c1)ncn2C. The molecule has 5 aromatic rings. The van der Waals surface area contributed by atoms with Crippen LogP contribution in [-0.2, 0) is 16.6 Å². The minimum absolute atomic E-state index is 0.133. The number of carbonyl (C=O) groups excluding carboxylic acids is 1. The van der Waals surface area contributed by atoms with Crippen LogP contribution in [0.5, 0.6) is 17.2 Å². The van der Waals surface area contributed by atoms with Crippen molar-refractivity contribution in [1.82, 2.24) is 29.5 Å². The van der Waals surface area contributed by atoms with Crippen molar-refractivity contribution in [2.75, 3.05) is 30.4 Å². The molecule has 234 valence electrons. The van der Waals surface area contributed by atoms with E-state index in [2.05, 4.69) is 37.1 Å². The van der Waals surface area contributed by atoms with E-state index in [-0.39, 0.29) is 11.4 Å². The molecule has 2 aromatic carbocycles. The summed E-state index contributed by atoms with van der Waals surface area (Å²) in [5.74, 6) is 2.78. The Morgan fingerprint density at radius 1 is 1.00 bits per heavy atom. The molecule has 1 saturated heterocycles. The van der Waals surface area contributed by atoms with Crippen LogP contribution in [-0.4, -0.2) is 61.3 Å². The van der Waals surface area contributed by atoms with Gasteiger partial charge in [-0.25, -0.2) is 24.9 Å². The number of nitrogens with one attached hydrogen (secondary N) is 1. The number of aromatic nitrogens is 6. The standard InChI is InChI=1S/C33H38N8O4/c1-32(2,3)45-28(42)17-33(4)11-13-41(14-12-33)31-34-18-24-29(39-31)30(36-19-35-24)38-21-7-10-26(27(15-21)43-6)44-22-8-9-25-23(16-22)37-20-40(25)5/h7-10,15-16,18-20H,11-14,17H2,1-6H3,(H,35,36,38). The maximum atomic E-state index is 12.5. The van der Waals surface area contributed by atoms with Crippen LogP contribution in [0.15, 0.2) is 55.2 Å². The van der Waals surface area contributed by atoms with Gasteiger partial charge in [0, 0.05) is 38.0 Å². The van der Waals surface area contributed by atoms with Crippen LogP contribution >= 0.6 is 0 Å². The summed E-state index contributed by atoms with van der Waals surface area (Å²) in [5, 5.41) is 3.36. The zero-order valence-corrected chi connectivity index (χ0v) is 26.5. The third-order valence-corrected chi connectivity index (χ3v) is 7.96. The summed E-state index contributed by atoms with van der Waals surface area (Å²) in [6, 6.07) is 11.4. The molecule has 0 aliphatic carbocycles. The van der Waals surface area contributed by atoms with Crippen LogP contribution in [0, 0.1) is 5.41 Å². The van der Waals surface area contributed by atoms with Crippen molar-refractivity contribution in [1.29, 1.82) is 0 Å². The maximum absolute atomic E-state index is 12.5. The number of benzene rings is 2. The first kappa shape index (κ1) is 30.0. The Bertz CT molecular complexity index is 1860. The molecule has 0 unspecified atom stereocenters. The summed E-state index contributed by atoms with van der Waals surface area (Å²) in [5.41, 5.74) is 3.23. The lowest BCUT2D eigenvalue weighted by Crippen LogP contribution is -2.41. The van der Waals surface area contributed by atoms with E-state index in [9.17, 15) is 4.79 Å². The Kier molecular flexibility index (Phi) is 7.90. The number of nitrogens with zero attached hydrogens (tertiary/aromatic N) is 7. The van der Waals surface area contributed by atoms with Crippen molar-refractivity contribution in [2.45, 2.75) is 52.6 Å². The van der Waals surface area contributed by atoms with Crippen molar-refractivity contribution in [3.8, 4) is 17.2 Å². The normalized spacial score (nSPS) is 14.8. The predicted octanol–water partition coefficient (Wildman–Crippen LogP) is 6.19. The summed E-state index contributed by atoms with van der Waals surface area (Å²) in [6.45, 7) is 9.29. The number of ether oxygens (including phenoxy) is 3. The third-order valence-electron chi connectivity index (χ3n) is 7.96. The number of methoxy groups -OCH3 is 1. The van der Waals surface area contributed by atoms with Gasteiger partial charge in [-0.05, 0) is 63.3 Å². The Balaban J connectivity index is 1.17. The number of carbonyl (C=O) groups is 1. The fourth-order valence-corrected chi connectivity index (χ4v) is 5.51. The topological polar surface area (TPSA) is 129 Å². The smallest absolute Gasteiger partial charge is 0.306 e. The molecule has 12 heteroatoms. The fraction of sp³-hybridized carbons (Fsp3) is 0.394. The average molecular weight is 611 g/mol. The Labute approximate surface area is 261 Å². The van der Waals surface area contributed by atoms with Crippen LogP contribution in [0.3, 0.4) is 0 Å². The molecule has 4 heterocycles. The number of aryl methyl sites for hydroxylation is 1. The summed E-state index contributed by atoms with van der Waals surface area (Å²) in [4.78, 5) is 37.4. The minimum atomic E-state index is -0.488. The highest BCUT2D eigenvalue weighted by atomic mass is 16.6. The van der Waals surface area contributed by atoms with Crippen LogP contribution in [0.2, 0.25) is 0 Å². The van der Waals surface area contributed by atoms with E-state index in [0.29, 0.717) is 46.5 Å². The number of hydrogen-bond donors (Lipinski definition) is 1. The van der Waals surface area contributed by atoms with Gasteiger partial charge >= 0.3 is 5.97 Å². The van der Waals surface area contributed by atoms with Gasteiger partial charge in [0.05, 0.1) is 37.1 Å². The lowest BCUT2D eigenvalue weighted by Gasteiger charge is -2.39. The van der Waals surface area contributed by atoms with Gasteiger partial charge in [0.1, 0.15) is 28.7 Å². The largest absolute Gasteiger partial charge is 0.493 e. The van der Waals surface area contributed by atoms with Gasteiger partial charge in [0.15, 0.2) is 17.3 Å². The van der Waals surface area contributed by atoms with E-state index in [4.69, 9.17) is 19.2 Å². The minimum Gasteiger partial charge on any atom is -0.493 e. The Morgan fingerprint density at radius 2 is 1.80 bits per heavy atom. The molecule has 0 spiro atoms. The van der Waals surface area contributed by atoms with Crippen LogP contribution in [0.4, 0.5) is 17.5 Å². The highest BCUT2D eigenvalue weighted by Gasteiger charge is 2.34. The lowest BCUT2D eigenvalue weighted by atomic mass is 9.77. The van der Waals surface area contributed by atoms with Crippen LogP contribution in [0.1, 0.15) is 47.0 Å². The van der Waals surface area contributed by atoms with Crippen molar-refractivity contribution < 1.29 is 19.0 Å². The van der Waals surface area contributed by atoms with Crippen molar-refractivity contribution in [3.63, 3.8) is 0 Å². The quantitative estimate of drug-likeness (QED) is 0.202. The van der Waals surface area contributed by atoms with E-state index in [0.717, 1.165) is 42.7 Å². The molecule has 0 saturated carbocycles. The number of hydrogen-bond acceptors (Lipinski definition) is 11. The molecular weight excluding hydrogens is 572 g/mol. The number of esters is 1. The number of rotatable bonds is 8. The molecular formula is C33H38N8O4. The van der Waals surface area contributed by atoms with Gasteiger partial charge in [-0.1, -0.05) is 6.92 Å². The number of piperidine rings is 1. The van der Waals surface area contributed by atoms with Crippen LogP contribution in [0.25, 0.3) is 22.1 Å². The fourth-order valence-electron chi connectivity index (χ4n) is 5.51. The van der Waals surface area contributed by atoms with Gasteiger partial charge in [0.2, 0.25) is 5.95 Å². The van der Waals surface area contributed by atoms with E-state index in [1.807, 2.05) is 68.8 Å². The van der Waals surface area contributed by atoms with E-state index < -0.39 is 5.60 Å². The first-order chi connectivity index (χ1) is 21.5. The Morgan fingerprint density at radius 3 is 2.56 bits per heavy atom. The second kappa shape index (κ2) is 11.8. The summed E-state index contributed by atoms with van der Waals surface area (Å²) < 4.78 is 19.3. The Hall–Kier alpha value is -5.00. The summed E-state index contributed by atoms with van der Waals surface area (Å²) in [7, 11) is 3.56. The number of anilines is 3. The molecule has 0 atom stereocenters. The molecule has 0 amide bonds. The monoisotopic (exact) mass is 610 g/mol. The van der Waals surface area contributed by atoms with Gasteiger partial charge in [0.25, 0.3) is 0 Å². The highest BCUT2D eigenvalue weighted by molar-refractivity contribution is 5.87. The van der Waals surface area contributed by atoms with Crippen molar-refractivity contribution in [2.24, 2.45) is 12.5 Å². The lowest BCUT2D eigenvalue weighted by molar-refractivity contribution is -0.157. The molecule has 6 rings (SSSR count). The van der Waals surface area contributed by atoms with Gasteiger partial charge in [-0.3, -0.25) is 4.79 Å². The van der Waals surface area contributed by atoms with E-state index in [1.165, 1.54) is 6.33 Å². The van der Waals surface area contributed by atoms with Gasteiger partial charge in [-0.2, -0.15) is 0 Å². The van der Waals surface area contributed by atoms with Crippen LogP contribution < -0.4 is 19.7 Å². The van der Waals surface area contributed by atoms with Gasteiger partial charge in [-0.15, -0.1) is 0 Å².